The Bertz CT molecular complexity index is 1010. The molecule has 3 N–H and O–H groups in total. The van der Waals surface area contributed by atoms with E-state index in [0.717, 1.165) is 11.3 Å². The molecule has 0 aliphatic carbocycles. The zero-order valence-electron chi connectivity index (χ0n) is 11.7. The van der Waals surface area contributed by atoms with Gasteiger partial charge in [-0.1, -0.05) is 41.4 Å². The minimum Gasteiger partial charge on any atom is -0.267 e. The summed E-state index contributed by atoms with van der Waals surface area (Å²) in [6, 6.07) is 7.89. The summed E-state index contributed by atoms with van der Waals surface area (Å²) in [5.74, 6) is -1.31. The van der Waals surface area contributed by atoms with Crippen molar-refractivity contribution in [1.29, 1.82) is 0 Å². The number of amides is 2. The molecule has 0 unspecified atom stereocenters. The molecule has 0 bridgehead atoms. The van der Waals surface area contributed by atoms with Gasteiger partial charge in [0.1, 0.15) is 4.34 Å². The first-order valence-corrected chi connectivity index (χ1v) is 8.07. The van der Waals surface area contributed by atoms with Crippen molar-refractivity contribution < 1.29 is 9.59 Å². The van der Waals surface area contributed by atoms with Crippen LogP contribution in [0.4, 0.5) is 0 Å². The predicted molar refractivity (Wildman–Crippen MR) is 91.6 cm³/mol. The Balaban J connectivity index is 1.81. The molecule has 1 aromatic carbocycles. The number of nitrogens with one attached hydrogen (secondary N) is 3. The Morgan fingerprint density at radius 3 is 2.42 bits per heavy atom. The number of halogens is 2. The van der Waals surface area contributed by atoms with Crippen molar-refractivity contribution in [2.45, 2.75) is 0 Å². The van der Waals surface area contributed by atoms with Gasteiger partial charge >= 0.3 is 0 Å². The highest BCUT2D eigenvalue weighted by Gasteiger charge is 2.17. The van der Waals surface area contributed by atoms with Crippen LogP contribution in [-0.4, -0.2) is 22.0 Å². The summed E-state index contributed by atoms with van der Waals surface area (Å²) in [5.41, 5.74) is 4.15. The standard InChI is InChI=1S/C14H8Cl2N4O3S/c15-9-5-8(11(16)24-9)13(22)19-20-14(23)10-6-3-1-2-4-7(6)12(21)18-17-10/h1-5H,(H,18,21)(H,19,22)(H,20,23). The van der Waals surface area contributed by atoms with Crippen molar-refractivity contribution in [1.82, 2.24) is 21.0 Å². The molecule has 3 aromatic rings. The number of aromatic nitrogens is 2. The number of nitrogens with zero attached hydrogens (tertiary/aromatic N) is 1. The van der Waals surface area contributed by atoms with Crippen LogP contribution in [0.25, 0.3) is 10.8 Å². The first kappa shape index (κ1) is 16.4. The number of hydrogen-bond donors (Lipinski definition) is 3. The van der Waals surface area contributed by atoms with Crippen molar-refractivity contribution in [2.24, 2.45) is 0 Å². The van der Waals surface area contributed by atoms with E-state index in [-0.39, 0.29) is 15.6 Å². The topological polar surface area (TPSA) is 104 Å². The van der Waals surface area contributed by atoms with Crippen LogP contribution >= 0.6 is 34.5 Å². The molecule has 2 heterocycles. The highest BCUT2D eigenvalue weighted by atomic mass is 35.5. The van der Waals surface area contributed by atoms with E-state index in [1.165, 1.54) is 6.07 Å². The summed E-state index contributed by atoms with van der Waals surface area (Å²) in [6.45, 7) is 0. The van der Waals surface area contributed by atoms with Crippen LogP contribution < -0.4 is 16.4 Å². The molecular weight excluding hydrogens is 375 g/mol. The van der Waals surface area contributed by atoms with Gasteiger partial charge in [-0.05, 0) is 12.1 Å². The lowest BCUT2D eigenvalue weighted by Crippen LogP contribution is -2.42. The first-order chi connectivity index (χ1) is 11.5. The highest BCUT2D eigenvalue weighted by Crippen LogP contribution is 2.30. The lowest BCUT2D eigenvalue weighted by molar-refractivity contribution is 0.0844. The Kier molecular flexibility index (Phi) is 4.52. The predicted octanol–water partition coefficient (Wildman–Crippen LogP) is 2.37. The number of thiophene rings is 1. The van der Waals surface area contributed by atoms with Gasteiger partial charge in [0.2, 0.25) is 0 Å². The van der Waals surface area contributed by atoms with Gasteiger partial charge in [0.25, 0.3) is 17.4 Å². The fraction of sp³-hybridized carbons (Fsp3) is 0. The molecule has 0 saturated heterocycles. The van der Waals surface area contributed by atoms with Crippen molar-refractivity contribution in [3.05, 3.63) is 60.6 Å². The average Bonchev–Trinajstić information content (AvgIpc) is 2.91. The van der Waals surface area contributed by atoms with E-state index < -0.39 is 17.4 Å². The second-order valence-electron chi connectivity index (χ2n) is 4.59. The second kappa shape index (κ2) is 6.60. The van der Waals surface area contributed by atoms with E-state index in [1.54, 1.807) is 24.3 Å². The van der Waals surface area contributed by atoms with E-state index in [2.05, 4.69) is 21.0 Å². The van der Waals surface area contributed by atoms with Gasteiger partial charge in [-0.2, -0.15) is 5.10 Å². The van der Waals surface area contributed by atoms with E-state index >= 15 is 0 Å². The second-order valence-corrected chi connectivity index (χ2v) is 6.88. The van der Waals surface area contributed by atoms with E-state index in [4.69, 9.17) is 23.2 Å². The number of aromatic amines is 1. The Labute approximate surface area is 148 Å². The zero-order chi connectivity index (χ0) is 17.3. The molecule has 24 heavy (non-hydrogen) atoms. The maximum atomic E-state index is 12.2. The molecule has 0 aliphatic rings. The van der Waals surface area contributed by atoms with Crippen molar-refractivity contribution in [3.8, 4) is 0 Å². The van der Waals surface area contributed by atoms with E-state index in [0.29, 0.717) is 15.1 Å². The monoisotopic (exact) mass is 382 g/mol. The fourth-order valence-corrected chi connectivity index (χ4v) is 3.48. The molecule has 2 aromatic heterocycles. The molecule has 0 spiro atoms. The van der Waals surface area contributed by atoms with Crippen molar-refractivity contribution in [2.75, 3.05) is 0 Å². The van der Waals surface area contributed by atoms with Gasteiger partial charge in [-0.15, -0.1) is 11.3 Å². The van der Waals surface area contributed by atoms with E-state index in [9.17, 15) is 14.4 Å². The van der Waals surface area contributed by atoms with Gasteiger partial charge < -0.3 is 0 Å². The molecule has 2 amide bonds. The fourth-order valence-electron chi connectivity index (χ4n) is 2.02. The largest absolute Gasteiger partial charge is 0.290 e. The lowest BCUT2D eigenvalue weighted by Gasteiger charge is -2.07. The van der Waals surface area contributed by atoms with Crippen LogP contribution in [0.5, 0.6) is 0 Å². The van der Waals surface area contributed by atoms with E-state index in [1.807, 2.05) is 0 Å². The normalized spacial score (nSPS) is 10.6. The number of carbonyl (C=O) groups is 2. The number of H-pyrrole nitrogens is 1. The first-order valence-electron chi connectivity index (χ1n) is 6.50. The van der Waals surface area contributed by atoms with Gasteiger partial charge in [0.05, 0.1) is 15.3 Å². The van der Waals surface area contributed by atoms with Gasteiger partial charge in [0, 0.05) is 5.39 Å². The third-order valence-corrected chi connectivity index (χ3v) is 4.59. The summed E-state index contributed by atoms with van der Waals surface area (Å²) >= 11 is 12.7. The van der Waals surface area contributed by atoms with Crippen LogP contribution in [0.1, 0.15) is 20.8 Å². The van der Waals surface area contributed by atoms with Crippen molar-refractivity contribution >= 4 is 57.1 Å². The summed E-state index contributed by atoms with van der Waals surface area (Å²) in [6.07, 6.45) is 0. The number of hydrogen-bond acceptors (Lipinski definition) is 5. The van der Waals surface area contributed by atoms with Gasteiger partial charge in [-0.25, -0.2) is 5.10 Å². The average molecular weight is 383 g/mol. The Morgan fingerprint density at radius 2 is 1.75 bits per heavy atom. The van der Waals surface area contributed by atoms with Crippen LogP contribution in [0.15, 0.2) is 35.1 Å². The molecule has 10 heteroatoms. The Hall–Kier alpha value is -2.42. The SMILES string of the molecule is O=C(NNC(=O)c1n[nH]c(=O)c2ccccc12)c1cc(Cl)sc1Cl. The summed E-state index contributed by atoms with van der Waals surface area (Å²) in [4.78, 5) is 35.9. The minimum absolute atomic E-state index is 0.0278. The molecule has 3 rings (SSSR count). The third-order valence-electron chi connectivity index (χ3n) is 3.10. The quantitative estimate of drug-likeness (QED) is 0.591. The maximum absolute atomic E-state index is 12.2. The van der Waals surface area contributed by atoms with Crippen LogP contribution in [0.3, 0.4) is 0 Å². The molecule has 0 aliphatic heterocycles. The maximum Gasteiger partial charge on any atom is 0.290 e. The lowest BCUT2D eigenvalue weighted by atomic mass is 10.1. The van der Waals surface area contributed by atoms with Crippen molar-refractivity contribution in [3.63, 3.8) is 0 Å². The van der Waals surface area contributed by atoms with Crippen LogP contribution in [0.2, 0.25) is 8.67 Å². The summed E-state index contributed by atoms with van der Waals surface area (Å²) in [5, 5.41) is 6.65. The number of hydrazine groups is 1. The summed E-state index contributed by atoms with van der Waals surface area (Å²) in [7, 11) is 0. The number of carbonyl (C=O) groups excluding carboxylic acids is 2. The number of benzene rings is 1. The van der Waals surface area contributed by atoms with Gasteiger partial charge in [0.15, 0.2) is 5.69 Å². The Morgan fingerprint density at radius 1 is 1.08 bits per heavy atom. The molecule has 7 nitrogen and oxygen atoms in total. The molecule has 0 radical (unpaired) electrons. The number of rotatable bonds is 2. The van der Waals surface area contributed by atoms with Crippen LogP contribution in [0, 0.1) is 0 Å². The summed E-state index contributed by atoms with van der Waals surface area (Å²) < 4.78 is 0.559. The smallest absolute Gasteiger partial charge is 0.267 e. The van der Waals surface area contributed by atoms with Gasteiger partial charge in [-0.3, -0.25) is 25.2 Å². The molecule has 0 saturated carbocycles. The molecule has 122 valence electrons. The molecule has 0 fully saturated rings. The third kappa shape index (κ3) is 3.12. The molecular formula is C14H8Cl2N4O3S. The zero-order valence-corrected chi connectivity index (χ0v) is 14.1. The highest BCUT2D eigenvalue weighted by molar-refractivity contribution is 7.20. The molecule has 0 atom stereocenters. The number of fused-ring (bicyclic) bond motifs is 1. The van der Waals surface area contributed by atoms with Crippen LogP contribution in [-0.2, 0) is 0 Å². The minimum atomic E-state index is -0.687.